The number of nitrogens with one attached hydrogen (secondary N) is 2. The molecule has 2 N–H and O–H groups in total. The average Bonchev–Trinajstić information content (AvgIpc) is 2.67. The number of nitrogens with zero attached hydrogens (tertiary/aromatic N) is 2. The summed E-state index contributed by atoms with van der Waals surface area (Å²) in [5.74, 6) is 0.512. The van der Waals surface area contributed by atoms with E-state index in [4.69, 9.17) is 0 Å². The van der Waals surface area contributed by atoms with Crippen molar-refractivity contribution in [3.8, 4) is 0 Å². The van der Waals surface area contributed by atoms with Crippen LogP contribution in [0, 0.1) is 5.92 Å². The number of carbonyl (C=O) groups is 1. The Morgan fingerprint density at radius 2 is 1.82 bits per heavy atom. The van der Waals surface area contributed by atoms with E-state index in [0.29, 0.717) is 18.2 Å². The third-order valence-electron chi connectivity index (χ3n) is 5.31. The highest BCUT2D eigenvalue weighted by Crippen LogP contribution is 2.19. The fraction of sp³-hybridized carbons (Fsp3) is 0.650. The minimum Gasteiger partial charge on any atom is -0.338 e. The second-order valence-corrected chi connectivity index (χ2v) is 9.76. The number of benzene rings is 1. The van der Waals surface area contributed by atoms with Gasteiger partial charge in [-0.3, -0.25) is 0 Å². The van der Waals surface area contributed by atoms with Crippen LogP contribution in [-0.2, 0) is 10.0 Å². The van der Waals surface area contributed by atoms with Crippen molar-refractivity contribution in [3.05, 3.63) is 24.3 Å². The summed E-state index contributed by atoms with van der Waals surface area (Å²) in [7, 11) is -1.95. The highest BCUT2D eigenvalue weighted by atomic mass is 32.2. The molecule has 0 bridgehead atoms. The van der Waals surface area contributed by atoms with Gasteiger partial charge in [-0.2, -0.15) is 4.31 Å². The molecular weight excluding hydrogens is 376 g/mol. The van der Waals surface area contributed by atoms with Gasteiger partial charge in [-0.15, -0.1) is 0 Å². The van der Waals surface area contributed by atoms with Crippen molar-refractivity contribution in [3.63, 3.8) is 0 Å². The number of sulfonamides is 1. The molecule has 1 saturated heterocycles. The van der Waals surface area contributed by atoms with E-state index >= 15 is 0 Å². The molecule has 2 amide bonds. The van der Waals surface area contributed by atoms with Crippen molar-refractivity contribution in [2.45, 2.75) is 51.0 Å². The Bertz CT molecular complexity index is 726. The summed E-state index contributed by atoms with van der Waals surface area (Å²) in [6, 6.07) is 5.89. The van der Waals surface area contributed by atoms with Crippen LogP contribution >= 0.6 is 0 Å². The van der Waals surface area contributed by atoms with E-state index in [2.05, 4.69) is 22.5 Å². The lowest BCUT2D eigenvalue weighted by Crippen LogP contribution is -2.40. The van der Waals surface area contributed by atoms with E-state index in [9.17, 15) is 13.2 Å². The molecule has 0 saturated carbocycles. The fourth-order valence-corrected chi connectivity index (χ4v) is 4.66. The maximum absolute atomic E-state index is 12.5. The van der Waals surface area contributed by atoms with Crippen LogP contribution in [0.5, 0.6) is 0 Å². The molecule has 0 unspecified atom stereocenters. The summed E-state index contributed by atoms with van der Waals surface area (Å²) in [6.07, 6.45) is 3.39. The lowest BCUT2D eigenvalue weighted by molar-refractivity contribution is 0.182. The Morgan fingerprint density at radius 3 is 2.36 bits per heavy atom. The lowest BCUT2D eigenvalue weighted by atomic mass is 9.97. The molecule has 158 valence electrons. The number of piperidine rings is 1. The maximum atomic E-state index is 12.5. The van der Waals surface area contributed by atoms with Crippen molar-refractivity contribution in [2.75, 3.05) is 38.5 Å². The third-order valence-corrected chi connectivity index (χ3v) is 7.36. The number of carbonyl (C=O) groups excluding carboxylic acids is 1. The maximum Gasteiger partial charge on any atom is 0.319 e. The molecule has 0 atom stereocenters. The highest BCUT2D eigenvalue weighted by Gasteiger charge is 2.23. The summed E-state index contributed by atoms with van der Waals surface area (Å²) in [5.41, 5.74) is 0.571. The second-order valence-electron chi connectivity index (χ2n) is 7.76. The highest BCUT2D eigenvalue weighted by molar-refractivity contribution is 7.89. The number of rotatable bonds is 8. The van der Waals surface area contributed by atoms with Gasteiger partial charge < -0.3 is 15.5 Å². The third kappa shape index (κ3) is 6.18. The van der Waals surface area contributed by atoms with Gasteiger partial charge in [-0.05, 0) is 82.9 Å². The van der Waals surface area contributed by atoms with Crippen molar-refractivity contribution in [1.82, 2.24) is 14.5 Å². The van der Waals surface area contributed by atoms with Crippen LogP contribution in [0.25, 0.3) is 0 Å². The first kappa shape index (κ1) is 22.6. The van der Waals surface area contributed by atoms with E-state index < -0.39 is 10.0 Å². The van der Waals surface area contributed by atoms with Gasteiger partial charge in [-0.25, -0.2) is 13.2 Å². The van der Waals surface area contributed by atoms with Crippen molar-refractivity contribution in [2.24, 2.45) is 5.92 Å². The number of anilines is 1. The zero-order valence-electron chi connectivity index (χ0n) is 17.4. The van der Waals surface area contributed by atoms with E-state index in [0.717, 1.165) is 32.5 Å². The first-order valence-corrected chi connectivity index (χ1v) is 11.5. The van der Waals surface area contributed by atoms with Gasteiger partial charge in [0, 0.05) is 25.3 Å². The zero-order valence-corrected chi connectivity index (χ0v) is 18.3. The molecule has 1 fully saturated rings. The molecule has 0 radical (unpaired) electrons. The minimum atomic E-state index is -3.52. The predicted molar refractivity (Wildman–Crippen MR) is 113 cm³/mol. The fourth-order valence-electron chi connectivity index (χ4n) is 3.30. The molecule has 0 aliphatic carbocycles. The Balaban J connectivity index is 1.82. The number of amides is 2. The normalized spacial score (nSPS) is 16.5. The summed E-state index contributed by atoms with van der Waals surface area (Å²) < 4.78 is 26.3. The second kappa shape index (κ2) is 10.2. The van der Waals surface area contributed by atoms with Gasteiger partial charge in [0.05, 0.1) is 4.90 Å². The van der Waals surface area contributed by atoms with E-state index in [1.807, 2.05) is 13.8 Å². The molecule has 1 heterocycles. The summed E-state index contributed by atoms with van der Waals surface area (Å²) >= 11 is 0. The van der Waals surface area contributed by atoms with Crippen LogP contribution in [0.4, 0.5) is 10.5 Å². The smallest absolute Gasteiger partial charge is 0.319 e. The van der Waals surface area contributed by atoms with Gasteiger partial charge in [0.15, 0.2) is 0 Å². The molecule has 8 heteroatoms. The van der Waals surface area contributed by atoms with Crippen LogP contribution in [0.1, 0.15) is 40.0 Å². The molecule has 1 aromatic rings. The molecule has 0 spiro atoms. The predicted octanol–water partition coefficient (Wildman–Crippen LogP) is 2.96. The standard InChI is InChI=1S/C20H34N4O3S/c1-5-12-24-13-10-17(11-14-24)15-21-20(25)22-18-6-8-19(9-7-18)28(26,27)23(4)16(2)3/h6-9,16-17H,5,10-15H2,1-4H3,(H2,21,22,25). The first-order valence-electron chi connectivity index (χ1n) is 10.1. The molecule has 1 aliphatic heterocycles. The minimum absolute atomic E-state index is 0.123. The Morgan fingerprint density at radius 1 is 1.21 bits per heavy atom. The van der Waals surface area contributed by atoms with Crippen LogP contribution < -0.4 is 10.6 Å². The molecule has 1 aliphatic rings. The van der Waals surface area contributed by atoms with Gasteiger partial charge in [0.1, 0.15) is 0 Å². The quantitative estimate of drug-likeness (QED) is 0.690. The Labute approximate surface area is 169 Å². The van der Waals surface area contributed by atoms with Gasteiger partial charge in [0.25, 0.3) is 0 Å². The molecule has 0 aromatic heterocycles. The Kier molecular flexibility index (Phi) is 8.27. The first-order chi connectivity index (χ1) is 13.2. The zero-order chi connectivity index (χ0) is 20.7. The number of hydrogen-bond acceptors (Lipinski definition) is 4. The average molecular weight is 411 g/mol. The van der Waals surface area contributed by atoms with Gasteiger partial charge in [0.2, 0.25) is 10.0 Å². The number of urea groups is 1. The van der Waals surface area contributed by atoms with Gasteiger partial charge in [-0.1, -0.05) is 6.92 Å². The molecule has 2 rings (SSSR count). The monoisotopic (exact) mass is 410 g/mol. The summed E-state index contributed by atoms with van der Waals surface area (Å²) in [5, 5.41) is 5.70. The molecule has 28 heavy (non-hydrogen) atoms. The van der Waals surface area contributed by atoms with Crippen molar-refractivity contribution < 1.29 is 13.2 Å². The lowest BCUT2D eigenvalue weighted by Gasteiger charge is -2.31. The van der Waals surface area contributed by atoms with Crippen LogP contribution in [0.2, 0.25) is 0 Å². The summed E-state index contributed by atoms with van der Waals surface area (Å²) in [6.45, 7) is 9.86. The van der Waals surface area contributed by atoms with Crippen LogP contribution in [-0.4, -0.2) is 62.9 Å². The molecular formula is C20H34N4O3S. The SMILES string of the molecule is CCCN1CCC(CNC(=O)Nc2ccc(S(=O)(=O)N(C)C(C)C)cc2)CC1. The topological polar surface area (TPSA) is 81.8 Å². The van der Waals surface area contributed by atoms with Crippen LogP contribution in [0.3, 0.4) is 0 Å². The van der Waals surface area contributed by atoms with E-state index in [-0.39, 0.29) is 17.0 Å². The Hall–Kier alpha value is -1.64. The number of likely N-dealkylation sites (tertiary alicyclic amines) is 1. The largest absolute Gasteiger partial charge is 0.338 e. The van der Waals surface area contributed by atoms with Gasteiger partial charge >= 0.3 is 6.03 Å². The van der Waals surface area contributed by atoms with Crippen molar-refractivity contribution >= 4 is 21.7 Å². The van der Waals surface area contributed by atoms with E-state index in [1.165, 1.54) is 22.9 Å². The summed E-state index contributed by atoms with van der Waals surface area (Å²) in [4.78, 5) is 14.8. The van der Waals surface area contributed by atoms with Crippen molar-refractivity contribution in [1.29, 1.82) is 0 Å². The molecule has 1 aromatic carbocycles. The number of hydrogen-bond donors (Lipinski definition) is 2. The van der Waals surface area contributed by atoms with Crippen LogP contribution in [0.15, 0.2) is 29.2 Å². The van der Waals surface area contributed by atoms with E-state index in [1.54, 1.807) is 19.2 Å². The molecule has 7 nitrogen and oxygen atoms in total.